The summed E-state index contributed by atoms with van der Waals surface area (Å²) in [7, 11) is -3.66. The van der Waals surface area contributed by atoms with Crippen LogP contribution in [0.15, 0.2) is 23.1 Å². The van der Waals surface area contributed by atoms with Crippen molar-refractivity contribution in [2.75, 3.05) is 6.54 Å². The van der Waals surface area contributed by atoms with Crippen LogP contribution in [0.4, 0.5) is 4.39 Å². The molecule has 0 saturated heterocycles. The molecule has 1 aromatic carbocycles. The van der Waals surface area contributed by atoms with Gasteiger partial charge in [-0.25, -0.2) is 17.5 Å². The zero-order chi connectivity index (χ0) is 15.5. The molecule has 2 N–H and O–H groups in total. The Labute approximate surface area is 126 Å². The largest absolute Gasteiger partial charge is 0.310 e. The van der Waals surface area contributed by atoms with Gasteiger partial charge in [-0.3, -0.25) is 0 Å². The molecule has 0 aromatic heterocycles. The molecule has 2 rings (SSSR count). The lowest BCUT2D eigenvalue weighted by atomic mass is 9.86. The summed E-state index contributed by atoms with van der Waals surface area (Å²) in [4.78, 5) is 0.0370. The highest BCUT2D eigenvalue weighted by atomic mass is 32.2. The van der Waals surface area contributed by atoms with Crippen molar-refractivity contribution in [2.45, 2.75) is 50.6 Å². The predicted molar refractivity (Wildman–Crippen MR) is 80.9 cm³/mol. The number of benzene rings is 1. The van der Waals surface area contributed by atoms with E-state index in [0.29, 0.717) is 24.6 Å². The molecule has 0 atom stereocenters. The standard InChI is InChI=1S/C15H23FN2O2S/c1-11(2)17-10-13-6-7-14(16)8-15(13)21(19,20)18-9-12-4-3-5-12/h6-8,11-12,17-18H,3-5,9-10H2,1-2H3. The summed E-state index contributed by atoms with van der Waals surface area (Å²) in [5.74, 6) is -0.113. The third-order valence-electron chi connectivity index (χ3n) is 3.81. The summed E-state index contributed by atoms with van der Waals surface area (Å²) < 4.78 is 40.8. The van der Waals surface area contributed by atoms with E-state index in [-0.39, 0.29) is 10.9 Å². The van der Waals surface area contributed by atoms with Crippen molar-refractivity contribution in [3.05, 3.63) is 29.6 Å². The Morgan fingerprint density at radius 3 is 2.62 bits per heavy atom. The van der Waals surface area contributed by atoms with Crippen molar-refractivity contribution in [2.24, 2.45) is 5.92 Å². The van der Waals surface area contributed by atoms with E-state index in [4.69, 9.17) is 0 Å². The smallest absolute Gasteiger partial charge is 0.241 e. The number of halogens is 1. The molecule has 0 aliphatic heterocycles. The van der Waals surface area contributed by atoms with Crippen molar-refractivity contribution in [3.8, 4) is 0 Å². The van der Waals surface area contributed by atoms with Crippen LogP contribution in [-0.2, 0) is 16.6 Å². The predicted octanol–water partition coefficient (Wildman–Crippen LogP) is 2.40. The maximum absolute atomic E-state index is 13.4. The highest BCUT2D eigenvalue weighted by molar-refractivity contribution is 7.89. The molecule has 0 radical (unpaired) electrons. The summed E-state index contributed by atoms with van der Waals surface area (Å²) in [5.41, 5.74) is 0.589. The maximum Gasteiger partial charge on any atom is 0.241 e. The molecule has 1 aliphatic rings. The molecule has 1 aromatic rings. The summed E-state index contributed by atoms with van der Waals surface area (Å²) in [6.07, 6.45) is 3.29. The lowest BCUT2D eigenvalue weighted by Gasteiger charge is -2.25. The average molecular weight is 314 g/mol. The highest BCUT2D eigenvalue weighted by Crippen LogP contribution is 2.26. The van der Waals surface area contributed by atoms with E-state index in [1.54, 1.807) is 0 Å². The molecular formula is C15H23FN2O2S. The lowest BCUT2D eigenvalue weighted by Crippen LogP contribution is -2.33. The van der Waals surface area contributed by atoms with Crippen LogP contribution >= 0.6 is 0 Å². The van der Waals surface area contributed by atoms with Gasteiger partial charge < -0.3 is 5.32 Å². The van der Waals surface area contributed by atoms with Gasteiger partial charge in [-0.2, -0.15) is 0 Å². The van der Waals surface area contributed by atoms with Crippen LogP contribution in [0.25, 0.3) is 0 Å². The SMILES string of the molecule is CC(C)NCc1ccc(F)cc1S(=O)(=O)NCC1CCC1. The van der Waals surface area contributed by atoms with Crippen molar-refractivity contribution in [3.63, 3.8) is 0 Å². The van der Waals surface area contributed by atoms with Crippen molar-refractivity contribution in [1.82, 2.24) is 10.0 Å². The van der Waals surface area contributed by atoms with Crippen molar-refractivity contribution in [1.29, 1.82) is 0 Å². The van der Waals surface area contributed by atoms with Gasteiger partial charge in [0, 0.05) is 19.1 Å². The van der Waals surface area contributed by atoms with E-state index in [1.807, 2.05) is 13.8 Å². The number of rotatable bonds is 7. The third-order valence-corrected chi connectivity index (χ3v) is 5.31. The van der Waals surface area contributed by atoms with Gasteiger partial charge in [0.25, 0.3) is 0 Å². The molecule has 0 bridgehead atoms. The fraction of sp³-hybridized carbons (Fsp3) is 0.600. The molecule has 21 heavy (non-hydrogen) atoms. The van der Waals surface area contributed by atoms with Gasteiger partial charge in [0.05, 0.1) is 4.90 Å². The Bertz CT molecular complexity index is 583. The first kappa shape index (κ1) is 16.4. The molecule has 6 heteroatoms. The zero-order valence-electron chi connectivity index (χ0n) is 12.5. The topological polar surface area (TPSA) is 58.2 Å². The van der Waals surface area contributed by atoms with E-state index >= 15 is 0 Å². The summed E-state index contributed by atoms with van der Waals surface area (Å²) in [6, 6.07) is 4.15. The monoisotopic (exact) mass is 314 g/mol. The number of nitrogens with one attached hydrogen (secondary N) is 2. The van der Waals surface area contributed by atoms with Crippen LogP contribution in [0, 0.1) is 11.7 Å². The second-order valence-electron chi connectivity index (χ2n) is 5.94. The molecule has 0 amide bonds. The molecule has 4 nitrogen and oxygen atoms in total. The number of sulfonamides is 1. The second-order valence-corrected chi connectivity index (χ2v) is 7.67. The first-order valence-corrected chi connectivity index (χ1v) is 8.88. The molecule has 118 valence electrons. The molecule has 1 aliphatic carbocycles. The second kappa shape index (κ2) is 6.85. The maximum atomic E-state index is 13.4. The van der Waals surface area contributed by atoms with Crippen LogP contribution < -0.4 is 10.0 Å². The van der Waals surface area contributed by atoms with E-state index in [9.17, 15) is 12.8 Å². The van der Waals surface area contributed by atoms with Crippen molar-refractivity contribution >= 4 is 10.0 Å². The highest BCUT2D eigenvalue weighted by Gasteiger charge is 2.23. The molecule has 0 heterocycles. The van der Waals surface area contributed by atoms with Gasteiger partial charge >= 0.3 is 0 Å². The number of hydrogen-bond donors (Lipinski definition) is 2. The van der Waals surface area contributed by atoms with Crippen LogP contribution in [0.5, 0.6) is 0 Å². The van der Waals surface area contributed by atoms with Gasteiger partial charge in [0.2, 0.25) is 10.0 Å². The van der Waals surface area contributed by atoms with Crippen LogP contribution in [0.1, 0.15) is 38.7 Å². The van der Waals surface area contributed by atoms with Crippen LogP contribution in [-0.4, -0.2) is 21.0 Å². The fourth-order valence-electron chi connectivity index (χ4n) is 2.24. The number of hydrogen-bond acceptors (Lipinski definition) is 3. The molecule has 0 spiro atoms. The average Bonchev–Trinajstić information content (AvgIpc) is 2.35. The minimum absolute atomic E-state index is 0.0370. The third kappa shape index (κ3) is 4.49. The minimum atomic E-state index is -3.66. The Morgan fingerprint density at radius 2 is 2.05 bits per heavy atom. The Kier molecular flexibility index (Phi) is 5.35. The quantitative estimate of drug-likeness (QED) is 0.812. The van der Waals surface area contributed by atoms with Gasteiger partial charge in [-0.05, 0) is 36.5 Å². The van der Waals surface area contributed by atoms with E-state index < -0.39 is 15.8 Å². The Balaban J connectivity index is 2.16. The zero-order valence-corrected chi connectivity index (χ0v) is 13.3. The summed E-state index contributed by atoms with van der Waals surface area (Å²) in [5, 5.41) is 3.17. The van der Waals surface area contributed by atoms with Gasteiger partial charge in [0.1, 0.15) is 5.82 Å². The van der Waals surface area contributed by atoms with Gasteiger partial charge in [0.15, 0.2) is 0 Å². The Morgan fingerprint density at radius 1 is 1.33 bits per heavy atom. The van der Waals surface area contributed by atoms with Gasteiger partial charge in [-0.15, -0.1) is 0 Å². The normalized spacial score (nSPS) is 16.2. The van der Waals surface area contributed by atoms with E-state index in [2.05, 4.69) is 10.0 Å². The first-order chi connectivity index (χ1) is 9.88. The van der Waals surface area contributed by atoms with Gasteiger partial charge in [-0.1, -0.05) is 26.3 Å². The Hall–Kier alpha value is -0.980. The van der Waals surface area contributed by atoms with E-state index in [0.717, 1.165) is 25.3 Å². The minimum Gasteiger partial charge on any atom is -0.310 e. The van der Waals surface area contributed by atoms with E-state index in [1.165, 1.54) is 12.1 Å². The fourth-order valence-corrected chi connectivity index (χ4v) is 3.60. The first-order valence-electron chi connectivity index (χ1n) is 7.40. The molecule has 1 fully saturated rings. The molecular weight excluding hydrogens is 291 g/mol. The van der Waals surface area contributed by atoms with Crippen LogP contribution in [0.2, 0.25) is 0 Å². The molecule has 0 unspecified atom stereocenters. The van der Waals surface area contributed by atoms with Crippen molar-refractivity contribution < 1.29 is 12.8 Å². The summed E-state index contributed by atoms with van der Waals surface area (Å²) in [6.45, 7) is 4.80. The lowest BCUT2D eigenvalue weighted by molar-refractivity contribution is 0.316. The molecule has 1 saturated carbocycles. The summed E-state index contributed by atoms with van der Waals surface area (Å²) >= 11 is 0. The van der Waals surface area contributed by atoms with Crippen LogP contribution in [0.3, 0.4) is 0 Å².